The van der Waals surface area contributed by atoms with Crippen LogP contribution < -0.4 is 0 Å². The van der Waals surface area contributed by atoms with Gasteiger partial charge in [0.05, 0.1) is 17.0 Å². The quantitative estimate of drug-likeness (QED) is 0.540. The van der Waals surface area contributed by atoms with E-state index in [2.05, 4.69) is 38.8 Å². The number of allylic oxidation sites excluding steroid dienone is 1. The minimum absolute atomic E-state index is 0.122. The number of pyridine rings is 1. The normalized spacial score (nSPS) is 12.9. The molecule has 0 aliphatic carbocycles. The fourth-order valence-corrected chi connectivity index (χ4v) is 2.27. The fourth-order valence-electron chi connectivity index (χ4n) is 1.32. The number of hydrogen-bond acceptors (Lipinski definition) is 2. The van der Waals surface area contributed by atoms with Gasteiger partial charge in [0.2, 0.25) is 8.32 Å². The van der Waals surface area contributed by atoms with Gasteiger partial charge in [-0.25, -0.2) is 4.39 Å². The predicted molar refractivity (Wildman–Crippen MR) is 84.9 cm³/mol. The van der Waals surface area contributed by atoms with E-state index in [-0.39, 0.29) is 10.1 Å². The van der Waals surface area contributed by atoms with Crippen molar-refractivity contribution in [2.45, 2.75) is 51.7 Å². The van der Waals surface area contributed by atoms with Crippen molar-refractivity contribution >= 4 is 19.9 Å². The van der Waals surface area contributed by atoms with Gasteiger partial charge in [0.25, 0.3) is 0 Å². The molecule has 1 rings (SSSR count). The maximum atomic E-state index is 13.6. The minimum atomic E-state index is -1.75. The van der Waals surface area contributed by atoms with Gasteiger partial charge in [-0.3, -0.25) is 4.98 Å². The van der Waals surface area contributed by atoms with Gasteiger partial charge in [0.1, 0.15) is 0 Å². The van der Waals surface area contributed by atoms with Crippen LogP contribution in [0.4, 0.5) is 4.39 Å². The molecule has 0 spiro atoms. The lowest BCUT2D eigenvalue weighted by Gasteiger charge is -2.34. The summed E-state index contributed by atoms with van der Waals surface area (Å²) in [5.74, 6) is -0.423. The average Bonchev–Trinajstić information content (AvgIpc) is 2.32. The summed E-state index contributed by atoms with van der Waals surface area (Å²) in [6, 6.07) is 1.46. The lowest BCUT2D eigenvalue weighted by molar-refractivity contribution is 0.428. The second-order valence-electron chi connectivity index (χ2n) is 6.34. The first kappa shape index (κ1) is 17.2. The zero-order valence-electron chi connectivity index (χ0n) is 12.8. The van der Waals surface area contributed by atoms with Gasteiger partial charge in [0, 0.05) is 6.20 Å². The molecule has 0 fully saturated rings. The van der Waals surface area contributed by atoms with Gasteiger partial charge in [0.15, 0.2) is 5.82 Å². The molecule has 0 bridgehead atoms. The van der Waals surface area contributed by atoms with Crippen LogP contribution in [0.25, 0.3) is 0 Å². The van der Waals surface area contributed by atoms with Crippen molar-refractivity contribution in [1.29, 1.82) is 0 Å². The van der Waals surface area contributed by atoms with Crippen molar-refractivity contribution < 1.29 is 8.82 Å². The van der Waals surface area contributed by atoms with E-state index in [9.17, 15) is 4.39 Å². The monoisotopic (exact) mass is 315 g/mol. The van der Waals surface area contributed by atoms with Crippen LogP contribution in [0.2, 0.25) is 23.2 Å². The number of aromatic nitrogens is 1. The second-order valence-corrected chi connectivity index (χ2v) is 11.5. The zero-order chi connectivity index (χ0) is 15.4. The highest BCUT2D eigenvalue weighted by Crippen LogP contribution is 2.36. The first-order valence-electron chi connectivity index (χ1n) is 6.77. The number of halogens is 2. The number of hydrogen-bond donors (Lipinski definition) is 0. The summed E-state index contributed by atoms with van der Waals surface area (Å²) in [4.78, 5) is 4.00. The van der Waals surface area contributed by atoms with Crippen LogP contribution in [0.5, 0.6) is 0 Å². The molecule has 1 heterocycles. The molecular weight excluding hydrogens is 293 g/mol. The van der Waals surface area contributed by atoms with Crippen LogP contribution in [0, 0.1) is 5.82 Å². The van der Waals surface area contributed by atoms with Gasteiger partial charge < -0.3 is 4.43 Å². The molecule has 0 aliphatic heterocycles. The van der Waals surface area contributed by atoms with Gasteiger partial charge in [-0.1, -0.05) is 38.4 Å². The maximum absolute atomic E-state index is 13.6. The van der Waals surface area contributed by atoms with Crippen LogP contribution >= 0.6 is 11.6 Å². The Labute approximate surface area is 127 Å². The van der Waals surface area contributed by atoms with E-state index >= 15 is 0 Å². The van der Waals surface area contributed by atoms with Crippen molar-refractivity contribution in [3.05, 3.63) is 41.1 Å². The summed E-state index contributed by atoms with van der Waals surface area (Å²) >= 11 is 5.71. The van der Waals surface area contributed by atoms with E-state index in [0.29, 0.717) is 18.5 Å². The summed E-state index contributed by atoms with van der Waals surface area (Å²) in [5, 5.41) is 0.300. The highest BCUT2D eigenvalue weighted by molar-refractivity contribution is 6.74. The molecule has 0 radical (unpaired) electrons. The second kappa shape index (κ2) is 6.72. The molecule has 0 N–H and O–H groups in total. The third-order valence-corrected chi connectivity index (χ3v) is 8.36. The Bertz CT molecular complexity index is 483. The molecule has 0 aliphatic rings. The summed E-state index contributed by atoms with van der Waals surface area (Å²) < 4.78 is 19.5. The molecule has 1 aromatic heterocycles. The van der Waals surface area contributed by atoms with Gasteiger partial charge in [-0.15, -0.1) is 0 Å². The predicted octanol–water partition coefficient (Wildman–Crippen LogP) is 5.34. The molecule has 1 aromatic rings. The van der Waals surface area contributed by atoms with Crippen molar-refractivity contribution in [2.75, 3.05) is 0 Å². The third-order valence-electron chi connectivity index (χ3n) is 3.73. The van der Waals surface area contributed by atoms with E-state index in [1.165, 1.54) is 12.3 Å². The average molecular weight is 316 g/mol. The smallest absolute Gasteiger partial charge is 0.249 e. The molecule has 20 heavy (non-hydrogen) atoms. The molecule has 0 unspecified atom stereocenters. The first-order chi connectivity index (χ1) is 9.15. The molecule has 0 atom stereocenters. The van der Waals surface area contributed by atoms with Crippen LogP contribution in [0.3, 0.4) is 0 Å². The topological polar surface area (TPSA) is 22.1 Å². The molecule has 0 saturated heterocycles. The SMILES string of the molecule is CC(C)(C)[Si](C)(C)OC=CCCc1nccc(Cl)c1F. The highest BCUT2D eigenvalue weighted by atomic mass is 35.5. The summed E-state index contributed by atoms with van der Waals surface area (Å²) in [7, 11) is -1.75. The highest BCUT2D eigenvalue weighted by Gasteiger charge is 2.37. The van der Waals surface area contributed by atoms with E-state index in [4.69, 9.17) is 16.0 Å². The zero-order valence-corrected chi connectivity index (χ0v) is 14.6. The van der Waals surface area contributed by atoms with E-state index in [1.807, 2.05) is 6.08 Å². The maximum Gasteiger partial charge on any atom is 0.249 e. The van der Waals surface area contributed by atoms with Gasteiger partial charge in [-0.05, 0) is 37.0 Å². The van der Waals surface area contributed by atoms with E-state index in [0.717, 1.165) is 0 Å². The Balaban J connectivity index is 2.49. The Morgan fingerprint density at radius 1 is 1.40 bits per heavy atom. The largest absolute Gasteiger partial charge is 0.549 e. The molecule has 0 amide bonds. The molecule has 2 nitrogen and oxygen atoms in total. The standard InChI is InChI=1S/C15H23ClFNOSi/c1-15(2,3)20(4,5)19-11-7-6-8-13-14(17)12(16)9-10-18-13/h7,9-11H,6,8H2,1-5H3. The molecule has 0 saturated carbocycles. The van der Waals surface area contributed by atoms with Crippen molar-refractivity contribution in [1.82, 2.24) is 4.98 Å². The number of aryl methyl sites for hydroxylation is 1. The van der Waals surface area contributed by atoms with Gasteiger partial charge >= 0.3 is 0 Å². The van der Waals surface area contributed by atoms with Crippen molar-refractivity contribution in [3.8, 4) is 0 Å². The fraction of sp³-hybridized carbons (Fsp3) is 0.533. The Morgan fingerprint density at radius 2 is 2.05 bits per heavy atom. The molecular formula is C15H23ClFNOSi. The third kappa shape index (κ3) is 4.60. The van der Waals surface area contributed by atoms with Crippen LogP contribution in [0.1, 0.15) is 32.9 Å². The molecule has 0 aromatic carbocycles. The van der Waals surface area contributed by atoms with Crippen LogP contribution in [-0.4, -0.2) is 13.3 Å². The van der Waals surface area contributed by atoms with Crippen LogP contribution in [-0.2, 0) is 10.8 Å². The number of rotatable bonds is 5. The lowest BCUT2D eigenvalue weighted by atomic mass is 10.2. The van der Waals surface area contributed by atoms with Crippen LogP contribution in [0.15, 0.2) is 24.6 Å². The Hall–Kier alpha value is -0.873. The van der Waals surface area contributed by atoms with Crippen molar-refractivity contribution in [3.63, 3.8) is 0 Å². The summed E-state index contributed by atoms with van der Waals surface area (Å²) in [5.41, 5.74) is 0.398. The Kier molecular flexibility index (Phi) is 5.77. The van der Waals surface area contributed by atoms with Gasteiger partial charge in [-0.2, -0.15) is 0 Å². The first-order valence-corrected chi connectivity index (χ1v) is 10.1. The van der Waals surface area contributed by atoms with E-state index < -0.39 is 14.1 Å². The van der Waals surface area contributed by atoms with Crippen molar-refractivity contribution in [2.24, 2.45) is 0 Å². The number of nitrogens with zero attached hydrogens (tertiary/aromatic N) is 1. The molecule has 112 valence electrons. The molecule has 5 heteroatoms. The lowest BCUT2D eigenvalue weighted by Crippen LogP contribution is -2.39. The van der Waals surface area contributed by atoms with E-state index in [1.54, 1.807) is 6.26 Å². The summed E-state index contributed by atoms with van der Waals surface area (Å²) in [6.45, 7) is 11.0. The Morgan fingerprint density at radius 3 is 2.65 bits per heavy atom. The minimum Gasteiger partial charge on any atom is -0.549 e. The summed E-state index contributed by atoms with van der Waals surface area (Å²) in [6.07, 6.45) is 6.39.